The maximum atomic E-state index is 12.0. The molecule has 0 saturated carbocycles. The Kier molecular flexibility index (Phi) is 6.76. The fraction of sp³-hybridized carbons (Fsp3) is 0.222. The van der Waals surface area contributed by atoms with Crippen LogP contribution in [0.25, 0.3) is 0 Å². The number of benzene rings is 2. The van der Waals surface area contributed by atoms with E-state index in [0.717, 1.165) is 9.87 Å². The van der Waals surface area contributed by atoms with Crippen molar-refractivity contribution in [2.75, 3.05) is 26.0 Å². The van der Waals surface area contributed by atoms with Gasteiger partial charge in [0.2, 0.25) is 10.0 Å². The molecule has 0 heterocycles. The van der Waals surface area contributed by atoms with E-state index in [4.69, 9.17) is 10.00 Å². The van der Waals surface area contributed by atoms with Crippen LogP contribution in [-0.2, 0) is 16.6 Å². The van der Waals surface area contributed by atoms with Crippen LogP contribution in [0, 0.1) is 11.3 Å². The number of hydrogen-bond donors (Lipinski definition) is 2. The highest BCUT2D eigenvalue weighted by Gasteiger charge is 2.16. The van der Waals surface area contributed by atoms with Crippen LogP contribution >= 0.6 is 0 Å². The average Bonchev–Trinajstić information content (AvgIpc) is 2.66. The molecule has 9 heteroatoms. The number of hydrogen-bond acceptors (Lipinski definition) is 5. The molecule has 0 fully saturated rings. The Labute approximate surface area is 158 Å². The second-order valence-electron chi connectivity index (χ2n) is 5.71. The van der Waals surface area contributed by atoms with Crippen molar-refractivity contribution in [2.24, 2.45) is 0 Å². The number of nitrogens with zero attached hydrogens (tertiary/aromatic N) is 2. The lowest BCUT2D eigenvalue weighted by Gasteiger charge is -2.12. The molecule has 8 nitrogen and oxygen atoms in total. The van der Waals surface area contributed by atoms with Crippen molar-refractivity contribution in [2.45, 2.75) is 11.4 Å². The lowest BCUT2D eigenvalue weighted by molar-refractivity contribution is 0.251. The number of nitriles is 1. The maximum Gasteiger partial charge on any atom is 0.319 e. The van der Waals surface area contributed by atoms with E-state index in [1.807, 2.05) is 6.07 Å². The minimum Gasteiger partial charge on any atom is -0.479 e. The largest absolute Gasteiger partial charge is 0.479 e. The van der Waals surface area contributed by atoms with Gasteiger partial charge in [-0.1, -0.05) is 12.1 Å². The number of amides is 2. The predicted octanol–water partition coefficient (Wildman–Crippen LogP) is 2.16. The number of ether oxygens (including phenoxy) is 1. The van der Waals surface area contributed by atoms with Crippen molar-refractivity contribution in [1.82, 2.24) is 9.62 Å². The topological polar surface area (TPSA) is 112 Å². The highest BCUT2D eigenvalue weighted by molar-refractivity contribution is 7.89. The molecule has 2 rings (SSSR count). The van der Waals surface area contributed by atoms with Gasteiger partial charge in [0, 0.05) is 26.3 Å². The van der Waals surface area contributed by atoms with Gasteiger partial charge in [0.05, 0.1) is 4.90 Å². The van der Waals surface area contributed by atoms with Crippen molar-refractivity contribution < 1.29 is 17.9 Å². The molecule has 0 aliphatic carbocycles. The van der Waals surface area contributed by atoms with Gasteiger partial charge < -0.3 is 15.4 Å². The summed E-state index contributed by atoms with van der Waals surface area (Å²) in [6.45, 7) is 0.208. The fourth-order valence-electron chi connectivity index (χ4n) is 2.10. The number of rotatable bonds is 7. The molecule has 0 spiro atoms. The maximum absolute atomic E-state index is 12.0. The Balaban J connectivity index is 1.87. The molecule has 0 bridgehead atoms. The molecule has 27 heavy (non-hydrogen) atoms. The molecule has 0 aromatic heterocycles. The van der Waals surface area contributed by atoms with E-state index in [1.54, 1.807) is 36.4 Å². The van der Waals surface area contributed by atoms with Crippen LogP contribution in [0.15, 0.2) is 53.4 Å². The zero-order chi connectivity index (χ0) is 19.9. The monoisotopic (exact) mass is 388 g/mol. The highest BCUT2D eigenvalue weighted by atomic mass is 32.2. The van der Waals surface area contributed by atoms with E-state index in [0.29, 0.717) is 11.4 Å². The van der Waals surface area contributed by atoms with Crippen LogP contribution in [0.2, 0.25) is 0 Å². The third-order valence-electron chi connectivity index (χ3n) is 3.57. The zero-order valence-corrected chi connectivity index (χ0v) is 15.8. The predicted molar refractivity (Wildman–Crippen MR) is 101 cm³/mol. The van der Waals surface area contributed by atoms with Crippen molar-refractivity contribution in [3.8, 4) is 11.8 Å². The molecule has 142 valence electrons. The minimum absolute atomic E-state index is 0.0398. The highest BCUT2D eigenvalue weighted by Crippen LogP contribution is 2.16. The summed E-state index contributed by atoms with van der Waals surface area (Å²) in [5.74, 6) is 0.537. The van der Waals surface area contributed by atoms with Gasteiger partial charge >= 0.3 is 6.03 Å². The Morgan fingerprint density at radius 2 is 1.74 bits per heavy atom. The molecule has 2 aromatic carbocycles. The van der Waals surface area contributed by atoms with E-state index in [9.17, 15) is 13.2 Å². The van der Waals surface area contributed by atoms with Gasteiger partial charge in [-0.3, -0.25) is 0 Å². The molecule has 0 atom stereocenters. The molecule has 0 aliphatic heterocycles. The molecule has 0 unspecified atom stereocenters. The van der Waals surface area contributed by atoms with Crippen molar-refractivity contribution in [1.29, 1.82) is 5.26 Å². The molecule has 2 aromatic rings. The average molecular weight is 388 g/mol. The standard InChI is InChI=1S/C18H20N4O4S/c1-22(2)27(24,25)17-9-3-14(4-10-17)13-20-18(23)21-15-5-7-16(8-6-15)26-12-11-19/h3-10H,12-13H2,1-2H3,(H2,20,21,23). The summed E-state index contributed by atoms with van der Waals surface area (Å²) in [5.41, 5.74) is 1.34. The van der Waals surface area contributed by atoms with Crippen LogP contribution in [0.4, 0.5) is 10.5 Å². The first-order valence-electron chi connectivity index (χ1n) is 7.99. The summed E-state index contributed by atoms with van der Waals surface area (Å²) >= 11 is 0. The van der Waals surface area contributed by atoms with Crippen molar-refractivity contribution >= 4 is 21.7 Å². The molecule has 0 aliphatic rings. The van der Waals surface area contributed by atoms with Gasteiger partial charge in [-0.2, -0.15) is 5.26 Å². The SMILES string of the molecule is CN(C)S(=O)(=O)c1ccc(CNC(=O)Nc2ccc(OCC#N)cc2)cc1. The third-order valence-corrected chi connectivity index (χ3v) is 5.40. The number of carbonyl (C=O) groups is 1. The molecular weight excluding hydrogens is 368 g/mol. The number of nitrogens with one attached hydrogen (secondary N) is 2. The number of sulfonamides is 1. The van der Waals surface area contributed by atoms with E-state index < -0.39 is 16.1 Å². The van der Waals surface area contributed by atoms with Crippen molar-refractivity contribution in [3.05, 3.63) is 54.1 Å². The summed E-state index contributed by atoms with van der Waals surface area (Å²) in [5, 5.41) is 13.8. The summed E-state index contributed by atoms with van der Waals surface area (Å²) < 4.78 is 30.3. The first-order valence-corrected chi connectivity index (χ1v) is 9.43. The van der Waals surface area contributed by atoms with Crippen LogP contribution in [0.1, 0.15) is 5.56 Å². The Morgan fingerprint density at radius 1 is 1.11 bits per heavy atom. The third kappa shape index (κ3) is 5.70. The van der Waals surface area contributed by atoms with E-state index in [-0.39, 0.29) is 18.0 Å². The zero-order valence-electron chi connectivity index (χ0n) is 15.0. The van der Waals surface area contributed by atoms with E-state index in [1.165, 1.54) is 26.2 Å². The number of urea groups is 1. The molecule has 0 saturated heterocycles. The first kappa shape index (κ1) is 20.2. The summed E-state index contributed by atoms with van der Waals surface area (Å²) in [7, 11) is -0.530. The summed E-state index contributed by atoms with van der Waals surface area (Å²) in [4.78, 5) is 12.2. The summed E-state index contributed by atoms with van der Waals surface area (Å²) in [6, 6.07) is 14.4. The van der Waals surface area contributed by atoms with E-state index >= 15 is 0 Å². The normalized spacial score (nSPS) is 10.9. The number of anilines is 1. The molecule has 0 radical (unpaired) electrons. The first-order chi connectivity index (χ1) is 12.8. The second-order valence-corrected chi connectivity index (χ2v) is 7.86. The fourth-order valence-corrected chi connectivity index (χ4v) is 3.00. The smallest absolute Gasteiger partial charge is 0.319 e. The molecule has 2 amide bonds. The van der Waals surface area contributed by atoms with Gasteiger partial charge in [0.15, 0.2) is 6.61 Å². The van der Waals surface area contributed by atoms with Gasteiger partial charge in [0.25, 0.3) is 0 Å². The van der Waals surface area contributed by atoms with Crippen LogP contribution in [-0.4, -0.2) is 39.5 Å². The second kappa shape index (κ2) is 9.02. The van der Waals surface area contributed by atoms with Crippen molar-refractivity contribution in [3.63, 3.8) is 0 Å². The Bertz CT molecular complexity index is 917. The van der Waals surface area contributed by atoms with Gasteiger partial charge in [-0.25, -0.2) is 17.5 Å². The van der Waals surface area contributed by atoms with Crippen LogP contribution < -0.4 is 15.4 Å². The lowest BCUT2D eigenvalue weighted by Crippen LogP contribution is -2.28. The van der Waals surface area contributed by atoms with E-state index in [2.05, 4.69) is 10.6 Å². The Morgan fingerprint density at radius 3 is 2.30 bits per heavy atom. The quantitative estimate of drug-likeness (QED) is 0.755. The molecular formula is C18H20N4O4S. The van der Waals surface area contributed by atoms with Gasteiger partial charge in [-0.15, -0.1) is 0 Å². The Hall–Kier alpha value is -3.09. The summed E-state index contributed by atoms with van der Waals surface area (Å²) in [6.07, 6.45) is 0. The van der Waals surface area contributed by atoms with Crippen LogP contribution in [0.3, 0.4) is 0 Å². The van der Waals surface area contributed by atoms with Gasteiger partial charge in [0.1, 0.15) is 11.8 Å². The molecule has 2 N–H and O–H groups in total. The number of carbonyl (C=O) groups excluding carboxylic acids is 1. The lowest BCUT2D eigenvalue weighted by atomic mass is 10.2. The van der Waals surface area contributed by atoms with Crippen LogP contribution in [0.5, 0.6) is 5.75 Å². The minimum atomic E-state index is -3.47. The van der Waals surface area contributed by atoms with Gasteiger partial charge in [-0.05, 0) is 42.0 Å².